The molecule has 4 heteroatoms. The van der Waals surface area contributed by atoms with Crippen molar-refractivity contribution in [3.8, 4) is 0 Å². The lowest BCUT2D eigenvalue weighted by molar-refractivity contribution is -0.146. The van der Waals surface area contributed by atoms with Gasteiger partial charge in [-0.05, 0) is 5.56 Å². The van der Waals surface area contributed by atoms with Crippen LogP contribution in [0.4, 0.5) is 0 Å². The van der Waals surface area contributed by atoms with Crippen molar-refractivity contribution in [1.29, 1.82) is 0 Å². The zero-order valence-electron chi connectivity index (χ0n) is 11.8. The molecule has 104 valence electrons. The lowest BCUT2D eigenvalue weighted by Gasteiger charge is -2.21. The lowest BCUT2D eigenvalue weighted by Crippen LogP contribution is -2.36. The second kappa shape index (κ2) is 7.69. The van der Waals surface area contributed by atoms with Crippen molar-refractivity contribution >= 4 is 11.8 Å². The highest BCUT2D eigenvalue weighted by Gasteiger charge is 2.36. The zero-order chi connectivity index (χ0) is 14.3. The Morgan fingerprint density at radius 1 is 1.32 bits per heavy atom. The van der Waals surface area contributed by atoms with Gasteiger partial charge in [0.2, 0.25) is 0 Å². The molecule has 1 fully saturated rings. The first-order chi connectivity index (χ1) is 9.20. The number of hydrogen-bond donors (Lipinski definition) is 0. The number of nitrogens with zero attached hydrogens (tertiary/aromatic N) is 1. The summed E-state index contributed by atoms with van der Waals surface area (Å²) in [7, 11) is 1.35. The van der Waals surface area contributed by atoms with Gasteiger partial charge in [0.1, 0.15) is 11.8 Å². The average Bonchev–Trinajstić information content (AvgIpc) is 2.82. The van der Waals surface area contributed by atoms with Crippen LogP contribution >= 0.6 is 0 Å². The van der Waals surface area contributed by atoms with E-state index in [0.717, 1.165) is 5.56 Å². The predicted molar refractivity (Wildman–Crippen MR) is 73.6 cm³/mol. The van der Waals surface area contributed by atoms with Crippen LogP contribution in [0.25, 0.3) is 0 Å². The quantitative estimate of drug-likeness (QED) is 0.783. The molecule has 0 aliphatic carbocycles. The number of ketones is 1. The molecule has 0 bridgehead atoms. The van der Waals surface area contributed by atoms with Crippen molar-refractivity contribution in [1.82, 2.24) is 4.90 Å². The lowest BCUT2D eigenvalue weighted by atomic mass is 10.2. The molecule has 1 aliphatic heterocycles. The number of benzene rings is 1. The highest BCUT2D eigenvalue weighted by atomic mass is 16.5. The van der Waals surface area contributed by atoms with Crippen LogP contribution in [0.5, 0.6) is 0 Å². The SMILES string of the molecule is CC.COC(=O)[C@@H]1CC(=O)CN1Cc1ccccc1. The fourth-order valence-electron chi connectivity index (χ4n) is 2.10. The Hall–Kier alpha value is -1.68. The normalized spacial score (nSPS) is 18.7. The van der Waals surface area contributed by atoms with Gasteiger partial charge in [0.25, 0.3) is 0 Å². The van der Waals surface area contributed by atoms with Gasteiger partial charge >= 0.3 is 5.97 Å². The number of esters is 1. The van der Waals surface area contributed by atoms with E-state index in [1.807, 2.05) is 49.1 Å². The van der Waals surface area contributed by atoms with Crippen LogP contribution in [0.15, 0.2) is 30.3 Å². The molecule has 1 aromatic carbocycles. The van der Waals surface area contributed by atoms with E-state index in [-0.39, 0.29) is 18.2 Å². The molecule has 0 N–H and O–H groups in total. The van der Waals surface area contributed by atoms with Gasteiger partial charge < -0.3 is 4.74 Å². The topological polar surface area (TPSA) is 46.6 Å². The van der Waals surface area contributed by atoms with E-state index in [2.05, 4.69) is 0 Å². The third-order valence-electron chi connectivity index (χ3n) is 2.94. The smallest absolute Gasteiger partial charge is 0.323 e. The first kappa shape index (κ1) is 15.4. The molecular formula is C15H21NO3. The van der Waals surface area contributed by atoms with Gasteiger partial charge in [-0.2, -0.15) is 0 Å². The summed E-state index contributed by atoms with van der Waals surface area (Å²) in [4.78, 5) is 24.8. The van der Waals surface area contributed by atoms with E-state index in [1.165, 1.54) is 7.11 Å². The third-order valence-corrected chi connectivity index (χ3v) is 2.94. The van der Waals surface area contributed by atoms with Crippen molar-refractivity contribution in [2.24, 2.45) is 0 Å². The molecule has 1 heterocycles. The summed E-state index contributed by atoms with van der Waals surface area (Å²) in [5, 5.41) is 0. The number of hydrogen-bond acceptors (Lipinski definition) is 4. The molecule has 0 aromatic heterocycles. The molecule has 19 heavy (non-hydrogen) atoms. The molecule has 1 saturated heterocycles. The maximum absolute atomic E-state index is 11.5. The van der Waals surface area contributed by atoms with Gasteiger partial charge in [-0.3, -0.25) is 14.5 Å². The Kier molecular flexibility index (Phi) is 6.22. The molecule has 0 unspecified atom stereocenters. The Balaban J connectivity index is 0.000000861. The fourth-order valence-corrected chi connectivity index (χ4v) is 2.10. The Morgan fingerprint density at radius 2 is 1.95 bits per heavy atom. The van der Waals surface area contributed by atoms with Crippen molar-refractivity contribution in [3.05, 3.63) is 35.9 Å². The largest absolute Gasteiger partial charge is 0.468 e. The molecule has 2 rings (SSSR count). The number of Topliss-reactive ketones (excluding diaryl/α,β-unsaturated/α-hetero) is 1. The highest BCUT2D eigenvalue weighted by Crippen LogP contribution is 2.18. The van der Waals surface area contributed by atoms with E-state index < -0.39 is 6.04 Å². The summed E-state index contributed by atoms with van der Waals surface area (Å²) in [6.45, 7) is 4.93. The summed E-state index contributed by atoms with van der Waals surface area (Å²) < 4.78 is 4.72. The van der Waals surface area contributed by atoms with E-state index >= 15 is 0 Å². The van der Waals surface area contributed by atoms with Crippen molar-refractivity contribution in [3.63, 3.8) is 0 Å². The van der Waals surface area contributed by atoms with Gasteiger partial charge in [-0.25, -0.2) is 0 Å². The van der Waals surface area contributed by atoms with Gasteiger partial charge in [0, 0.05) is 13.0 Å². The van der Waals surface area contributed by atoms with Crippen LogP contribution in [0.2, 0.25) is 0 Å². The molecule has 1 aliphatic rings. The predicted octanol–water partition coefficient (Wildman–Crippen LogP) is 2.03. The van der Waals surface area contributed by atoms with Crippen LogP contribution in [-0.4, -0.2) is 36.3 Å². The van der Waals surface area contributed by atoms with E-state index in [1.54, 1.807) is 0 Å². The Bertz CT molecular complexity index is 417. The zero-order valence-corrected chi connectivity index (χ0v) is 11.8. The molecule has 4 nitrogen and oxygen atoms in total. The monoisotopic (exact) mass is 263 g/mol. The van der Waals surface area contributed by atoms with Gasteiger partial charge in [0.05, 0.1) is 13.7 Å². The number of rotatable bonds is 3. The van der Waals surface area contributed by atoms with Crippen LogP contribution in [-0.2, 0) is 20.9 Å². The summed E-state index contributed by atoms with van der Waals surface area (Å²) in [5.41, 5.74) is 1.09. The molecule has 1 aromatic rings. The standard InChI is InChI=1S/C13H15NO3.C2H6/c1-17-13(16)12-7-11(15)9-14(12)8-10-5-3-2-4-6-10;1-2/h2-6,12H,7-9H2,1H3;1-2H3/t12-;/m0./s1. The van der Waals surface area contributed by atoms with Crippen molar-refractivity contribution in [2.45, 2.75) is 32.9 Å². The minimum absolute atomic E-state index is 0.0938. The summed E-state index contributed by atoms with van der Waals surface area (Å²) in [6.07, 6.45) is 0.263. The minimum Gasteiger partial charge on any atom is -0.468 e. The van der Waals surface area contributed by atoms with E-state index in [0.29, 0.717) is 13.1 Å². The summed E-state index contributed by atoms with van der Waals surface area (Å²) in [6, 6.07) is 9.37. The summed E-state index contributed by atoms with van der Waals surface area (Å²) >= 11 is 0. The van der Waals surface area contributed by atoms with Crippen LogP contribution in [0.3, 0.4) is 0 Å². The van der Waals surface area contributed by atoms with Crippen molar-refractivity contribution in [2.75, 3.05) is 13.7 Å². The Labute approximate surface area is 114 Å². The average molecular weight is 263 g/mol. The van der Waals surface area contributed by atoms with Crippen LogP contribution in [0.1, 0.15) is 25.8 Å². The third kappa shape index (κ3) is 4.17. The van der Waals surface area contributed by atoms with Gasteiger partial charge in [-0.1, -0.05) is 44.2 Å². The molecule has 1 atom stereocenters. The second-order valence-corrected chi connectivity index (χ2v) is 4.17. The summed E-state index contributed by atoms with van der Waals surface area (Å²) in [5.74, 6) is -0.233. The molecular weight excluding hydrogens is 242 g/mol. The number of ether oxygens (including phenoxy) is 1. The minimum atomic E-state index is -0.423. The van der Waals surface area contributed by atoms with Crippen LogP contribution in [0, 0.1) is 0 Å². The van der Waals surface area contributed by atoms with Crippen molar-refractivity contribution < 1.29 is 14.3 Å². The highest BCUT2D eigenvalue weighted by molar-refractivity contribution is 5.91. The van der Waals surface area contributed by atoms with Gasteiger partial charge in [0.15, 0.2) is 0 Å². The maximum atomic E-state index is 11.5. The van der Waals surface area contributed by atoms with Crippen LogP contribution < -0.4 is 0 Å². The number of likely N-dealkylation sites (tertiary alicyclic amines) is 1. The first-order valence-electron chi connectivity index (χ1n) is 6.58. The fraction of sp³-hybridized carbons (Fsp3) is 0.467. The number of carbonyl (C=O) groups is 2. The molecule has 0 spiro atoms. The number of methoxy groups -OCH3 is 1. The van der Waals surface area contributed by atoms with Gasteiger partial charge in [-0.15, -0.1) is 0 Å². The molecule has 0 radical (unpaired) electrons. The molecule has 0 saturated carbocycles. The van der Waals surface area contributed by atoms with E-state index in [9.17, 15) is 9.59 Å². The Morgan fingerprint density at radius 3 is 2.53 bits per heavy atom. The van der Waals surface area contributed by atoms with E-state index in [4.69, 9.17) is 4.74 Å². The molecule has 0 amide bonds. The second-order valence-electron chi connectivity index (χ2n) is 4.17. The maximum Gasteiger partial charge on any atom is 0.323 e. The number of carbonyl (C=O) groups excluding carboxylic acids is 2. The first-order valence-corrected chi connectivity index (χ1v) is 6.58.